The Morgan fingerprint density at radius 1 is 1.17 bits per heavy atom. The Morgan fingerprint density at radius 3 is 2.43 bits per heavy atom. The molecule has 3 N–H and O–H groups in total. The molecule has 0 aliphatic heterocycles. The normalized spacial score (nSPS) is 11.5. The third-order valence-electron chi connectivity index (χ3n) is 4.05. The number of amides is 2. The lowest BCUT2D eigenvalue weighted by atomic mass is 10.1. The van der Waals surface area contributed by atoms with Crippen molar-refractivity contribution in [1.29, 1.82) is 0 Å². The van der Waals surface area contributed by atoms with Gasteiger partial charge in [-0.3, -0.25) is 10.1 Å². The molecule has 11 nitrogen and oxygen atoms in total. The van der Waals surface area contributed by atoms with Crippen LogP contribution < -0.4 is 11.1 Å². The fourth-order valence-corrected chi connectivity index (χ4v) is 2.47. The number of nitrogens with one attached hydrogen (secondary N) is 1. The van der Waals surface area contributed by atoms with E-state index in [1.165, 1.54) is 24.3 Å². The quantitative estimate of drug-likeness (QED) is 0.340. The molecule has 30 heavy (non-hydrogen) atoms. The second kappa shape index (κ2) is 8.82. The smallest absolute Gasteiger partial charge is 0.338 e. The number of nitrogens with two attached hydrogens (primary N) is 1. The molecule has 0 fully saturated rings. The molecule has 154 valence electrons. The van der Waals surface area contributed by atoms with Gasteiger partial charge in [-0.2, -0.15) is 0 Å². The van der Waals surface area contributed by atoms with Crippen molar-refractivity contribution in [3.63, 3.8) is 0 Å². The van der Waals surface area contributed by atoms with E-state index in [-0.39, 0.29) is 24.0 Å². The molecule has 1 aromatic heterocycles. The molecule has 11 heteroatoms. The monoisotopic (exact) mass is 411 g/mol. The number of aromatic nitrogens is 2. The minimum atomic E-state index is -0.812. The topological polar surface area (TPSA) is 163 Å². The molecular formula is C19H17N5O6. The van der Waals surface area contributed by atoms with E-state index in [1.54, 1.807) is 31.2 Å². The summed E-state index contributed by atoms with van der Waals surface area (Å²) in [6.07, 6.45) is -0.812. The minimum absolute atomic E-state index is 0.0581. The highest BCUT2D eigenvalue weighted by Crippen LogP contribution is 2.24. The second-order valence-corrected chi connectivity index (χ2v) is 6.21. The molecule has 0 spiro atoms. The summed E-state index contributed by atoms with van der Waals surface area (Å²) in [5.74, 6) is -0.361. The van der Waals surface area contributed by atoms with Crippen molar-refractivity contribution in [1.82, 2.24) is 15.5 Å². The van der Waals surface area contributed by atoms with E-state index >= 15 is 0 Å². The van der Waals surface area contributed by atoms with Crippen LogP contribution in [-0.4, -0.2) is 27.1 Å². The lowest BCUT2D eigenvalue weighted by molar-refractivity contribution is -0.384. The summed E-state index contributed by atoms with van der Waals surface area (Å²) in [6.45, 7) is 1.82. The fraction of sp³-hybridized carbons (Fsp3) is 0.158. The first kappa shape index (κ1) is 20.5. The van der Waals surface area contributed by atoms with Gasteiger partial charge in [-0.25, -0.2) is 9.59 Å². The molecule has 3 rings (SSSR count). The molecule has 0 aliphatic rings. The van der Waals surface area contributed by atoms with Crippen LogP contribution >= 0.6 is 0 Å². The van der Waals surface area contributed by atoms with E-state index in [2.05, 4.69) is 15.5 Å². The van der Waals surface area contributed by atoms with E-state index < -0.39 is 23.0 Å². The Labute approximate surface area is 170 Å². The van der Waals surface area contributed by atoms with Gasteiger partial charge in [0.25, 0.3) is 11.6 Å². The molecule has 0 radical (unpaired) electrons. The number of hydrogen-bond acceptors (Lipinski definition) is 8. The molecule has 2 amide bonds. The number of nitro benzene ring substituents is 1. The number of carbonyl (C=O) groups is 2. The van der Waals surface area contributed by atoms with Crippen LogP contribution in [0.5, 0.6) is 0 Å². The average molecular weight is 411 g/mol. The molecule has 2 aromatic carbocycles. The summed E-state index contributed by atoms with van der Waals surface area (Å²) in [4.78, 5) is 33.3. The molecule has 0 saturated heterocycles. The standard InChI is InChI=1S/C19H17N5O6/c1-11(29-18(25)14-4-2-12(3-5-14)10-21-19(20)26)16-22-23-17(30-16)13-6-8-15(9-7-13)24(27)28/h2-9,11H,10H2,1H3,(H3,20,21,26). The number of nitrogens with zero attached hydrogens (tertiary/aromatic N) is 3. The van der Waals surface area contributed by atoms with Crippen LogP contribution in [0.3, 0.4) is 0 Å². The van der Waals surface area contributed by atoms with Gasteiger partial charge in [-0.05, 0) is 36.8 Å². The molecule has 0 bridgehead atoms. The summed E-state index contributed by atoms with van der Waals surface area (Å²) < 4.78 is 10.9. The number of primary amides is 1. The maximum atomic E-state index is 12.3. The number of carbonyl (C=O) groups excluding carboxylic acids is 2. The molecular weight excluding hydrogens is 394 g/mol. The number of esters is 1. The van der Waals surface area contributed by atoms with Gasteiger partial charge in [-0.1, -0.05) is 12.1 Å². The Hall–Kier alpha value is -4.28. The molecule has 0 aliphatic carbocycles. The number of hydrogen-bond donors (Lipinski definition) is 2. The summed E-state index contributed by atoms with van der Waals surface area (Å²) in [5, 5.41) is 20.9. The highest BCUT2D eigenvalue weighted by Gasteiger charge is 2.20. The third-order valence-corrected chi connectivity index (χ3v) is 4.05. The second-order valence-electron chi connectivity index (χ2n) is 6.21. The highest BCUT2D eigenvalue weighted by molar-refractivity contribution is 5.89. The van der Waals surface area contributed by atoms with Crippen LogP contribution in [0.25, 0.3) is 11.5 Å². The summed E-state index contributed by atoms with van der Waals surface area (Å²) in [7, 11) is 0. The van der Waals surface area contributed by atoms with Gasteiger partial charge >= 0.3 is 12.0 Å². The van der Waals surface area contributed by atoms with Gasteiger partial charge in [-0.15, -0.1) is 10.2 Å². The van der Waals surface area contributed by atoms with Crippen LogP contribution in [-0.2, 0) is 11.3 Å². The maximum Gasteiger partial charge on any atom is 0.338 e. The van der Waals surface area contributed by atoms with Gasteiger partial charge in [0.2, 0.25) is 5.89 Å². The zero-order valence-electron chi connectivity index (χ0n) is 15.8. The molecule has 1 atom stereocenters. The van der Waals surface area contributed by atoms with Crippen molar-refractivity contribution in [3.05, 3.63) is 75.7 Å². The molecule has 1 heterocycles. The van der Waals surface area contributed by atoms with E-state index in [9.17, 15) is 19.7 Å². The Balaban J connectivity index is 1.63. The first-order valence-electron chi connectivity index (χ1n) is 8.75. The van der Waals surface area contributed by atoms with E-state index in [1.807, 2.05) is 0 Å². The number of urea groups is 1. The summed E-state index contributed by atoms with van der Waals surface area (Å²) in [5.41, 5.74) is 6.53. The van der Waals surface area contributed by atoms with Gasteiger partial charge in [0, 0.05) is 24.2 Å². The van der Waals surface area contributed by atoms with Crippen molar-refractivity contribution >= 4 is 17.7 Å². The Kier molecular flexibility index (Phi) is 6.01. The number of ether oxygens (including phenoxy) is 1. The van der Waals surface area contributed by atoms with Crippen LogP contribution in [0.2, 0.25) is 0 Å². The number of benzene rings is 2. The minimum Gasteiger partial charge on any atom is -0.449 e. The Bertz CT molecular complexity index is 1060. The number of non-ortho nitro benzene ring substituents is 1. The van der Waals surface area contributed by atoms with Crippen molar-refractivity contribution in [2.24, 2.45) is 5.73 Å². The molecule has 0 saturated carbocycles. The van der Waals surface area contributed by atoms with Gasteiger partial charge in [0.15, 0.2) is 6.10 Å². The lowest BCUT2D eigenvalue weighted by Gasteiger charge is -2.10. The van der Waals surface area contributed by atoms with Crippen LogP contribution in [0.15, 0.2) is 52.9 Å². The first-order chi connectivity index (χ1) is 14.3. The summed E-state index contributed by atoms with van der Waals surface area (Å²) >= 11 is 0. The predicted octanol–water partition coefficient (Wildman–Crippen LogP) is 2.73. The highest BCUT2D eigenvalue weighted by atomic mass is 16.6. The SMILES string of the molecule is CC(OC(=O)c1ccc(CNC(N)=O)cc1)c1nnc(-c2ccc([N+](=O)[O-])cc2)o1. The fourth-order valence-electron chi connectivity index (χ4n) is 2.47. The zero-order chi connectivity index (χ0) is 21.7. The van der Waals surface area contributed by atoms with Crippen molar-refractivity contribution in [2.45, 2.75) is 19.6 Å². The lowest BCUT2D eigenvalue weighted by Crippen LogP contribution is -2.28. The van der Waals surface area contributed by atoms with Crippen molar-refractivity contribution in [2.75, 3.05) is 0 Å². The van der Waals surface area contributed by atoms with Gasteiger partial charge < -0.3 is 20.2 Å². The van der Waals surface area contributed by atoms with Crippen LogP contribution in [0.1, 0.15) is 34.8 Å². The maximum absolute atomic E-state index is 12.3. The van der Waals surface area contributed by atoms with Gasteiger partial charge in [0.1, 0.15) is 0 Å². The summed E-state index contributed by atoms with van der Waals surface area (Å²) in [6, 6.07) is 11.4. The van der Waals surface area contributed by atoms with Crippen molar-refractivity contribution < 1.29 is 23.7 Å². The zero-order valence-corrected chi connectivity index (χ0v) is 15.8. The van der Waals surface area contributed by atoms with E-state index in [4.69, 9.17) is 14.9 Å². The Morgan fingerprint density at radius 2 is 1.83 bits per heavy atom. The number of rotatable bonds is 7. The van der Waals surface area contributed by atoms with Crippen LogP contribution in [0.4, 0.5) is 10.5 Å². The third kappa shape index (κ3) is 4.95. The van der Waals surface area contributed by atoms with Crippen LogP contribution in [0, 0.1) is 10.1 Å². The number of nitro groups is 1. The predicted molar refractivity (Wildman–Crippen MR) is 103 cm³/mol. The first-order valence-corrected chi connectivity index (χ1v) is 8.75. The van der Waals surface area contributed by atoms with E-state index in [0.717, 1.165) is 5.56 Å². The van der Waals surface area contributed by atoms with Crippen molar-refractivity contribution in [3.8, 4) is 11.5 Å². The average Bonchev–Trinajstić information content (AvgIpc) is 3.23. The largest absolute Gasteiger partial charge is 0.449 e. The van der Waals surface area contributed by atoms with Gasteiger partial charge in [0.05, 0.1) is 10.5 Å². The molecule has 3 aromatic rings. The van der Waals surface area contributed by atoms with E-state index in [0.29, 0.717) is 11.1 Å². The molecule has 1 unspecified atom stereocenters.